The molecule has 1 heterocycles. The molecule has 0 aliphatic carbocycles. The Morgan fingerprint density at radius 1 is 0.721 bits per heavy atom. The summed E-state index contributed by atoms with van der Waals surface area (Å²) in [6.45, 7) is 5.64. The molecular weight excluding hydrogens is 538 g/mol. The Hall–Kier alpha value is -4.98. The average Bonchev–Trinajstić information content (AvgIpc) is 3.05. The lowest BCUT2D eigenvalue weighted by atomic mass is 10.1. The van der Waals surface area contributed by atoms with Crippen LogP contribution in [-0.2, 0) is 12.8 Å². The number of hydrogen-bond donors (Lipinski definition) is 3. The van der Waals surface area contributed by atoms with Crippen LogP contribution in [-0.4, -0.2) is 51.8 Å². The number of urea groups is 1. The summed E-state index contributed by atoms with van der Waals surface area (Å²) in [4.78, 5) is 31.0. The van der Waals surface area contributed by atoms with Crippen molar-refractivity contribution in [1.29, 1.82) is 0 Å². The van der Waals surface area contributed by atoms with Crippen LogP contribution in [0.3, 0.4) is 0 Å². The smallest absolute Gasteiger partial charge is 0.323 e. The molecule has 4 aromatic rings. The molecule has 0 radical (unpaired) electrons. The number of rotatable bonds is 10. The number of nitrogens with zero attached hydrogens (tertiary/aromatic N) is 2. The predicted molar refractivity (Wildman–Crippen MR) is 175 cm³/mol. The molecule has 1 aliphatic heterocycles. The predicted octanol–water partition coefficient (Wildman–Crippen LogP) is 6.20. The molecule has 3 N–H and O–H groups in total. The third kappa shape index (κ3) is 7.65. The van der Waals surface area contributed by atoms with Crippen LogP contribution in [0.2, 0.25) is 0 Å². The summed E-state index contributed by atoms with van der Waals surface area (Å²) in [5, 5.41) is 8.89. The van der Waals surface area contributed by atoms with E-state index in [0.29, 0.717) is 17.8 Å². The van der Waals surface area contributed by atoms with Gasteiger partial charge in [-0.2, -0.15) is 0 Å². The quantitative estimate of drug-likeness (QED) is 0.209. The second-order valence-electron chi connectivity index (χ2n) is 10.5. The zero-order chi connectivity index (χ0) is 30.0. The molecule has 222 valence electrons. The van der Waals surface area contributed by atoms with Crippen molar-refractivity contribution in [1.82, 2.24) is 5.32 Å². The van der Waals surface area contributed by atoms with Gasteiger partial charge in [0.2, 0.25) is 0 Å². The molecule has 0 bridgehead atoms. The van der Waals surface area contributed by atoms with Gasteiger partial charge in [0, 0.05) is 49.8 Å². The summed E-state index contributed by atoms with van der Waals surface area (Å²) >= 11 is 0. The van der Waals surface area contributed by atoms with Crippen molar-refractivity contribution in [2.45, 2.75) is 19.8 Å². The minimum Gasteiger partial charge on any atom is -0.495 e. The van der Waals surface area contributed by atoms with E-state index < -0.39 is 0 Å². The van der Waals surface area contributed by atoms with E-state index in [4.69, 9.17) is 4.74 Å². The molecule has 4 aromatic carbocycles. The van der Waals surface area contributed by atoms with Crippen molar-refractivity contribution in [2.75, 3.05) is 60.3 Å². The van der Waals surface area contributed by atoms with Crippen LogP contribution in [0.1, 0.15) is 28.4 Å². The first-order valence-corrected chi connectivity index (χ1v) is 14.8. The van der Waals surface area contributed by atoms with E-state index in [0.717, 1.165) is 73.0 Å². The number of piperazine rings is 1. The van der Waals surface area contributed by atoms with Crippen LogP contribution in [0.5, 0.6) is 5.75 Å². The fraction of sp³-hybridized carbons (Fsp3) is 0.257. The van der Waals surface area contributed by atoms with E-state index in [-0.39, 0.29) is 11.9 Å². The molecule has 8 nitrogen and oxygen atoms in total. The second-order valence-corrected chi connectivity index (χ2v) is 10.5. The van der Waals surface area contributed by atoms with Crippen LogP contribution >= 0.6 is 0 Å². The van der Waals surface area contributed by atoms with Gasteiger partial charge in [0.1, 0.15) is 5.75 Å². The molecule has 0 saturated carbocycles. The Balaban J connectivity index is 1.31. The number of para-hydroxylation sites is 2. The maximum Gasteiger partial charge on any atom is 0.323 e. The molecule has 1 saturated heterocycles. The standard InChI is InChI=1S/C35H39N5O3/c1-3-26-12-9-13-28(24-26)37-35(42)38-29-16-17-31(30(25-29)34(41)36-19-18-27-10-5-4-6-11-27)39-20-22-40(23-21-39)32-14-7-8-15-33(32)43-2/h4-17,24-25H,3,18-23H2,1-2H3,(H,36,41)(H2,37,38,42). The van der Waals surface area contributed by atoms with Gasteiger partial charge in [-0.25, -0.2) is 4.79 Å². The Bertz CT molecular complexity index is 1530. The molecule has 43 heavy (non-hydrogen) atoms. The lowest BCUT2D eigenvalue weighted by molar-refractivity contribution is 0.0954. The maximum absolute atomic E-state index is 13.6. The summed E-state index contributed by atoms with van der Waals surface area (Å²) < 4.78 is 5.58. The van der Waals surface area contributed by atoms with E-state index in [1.807, 2.05) is 72.8 Å². The van der Waals surface area contributed by atoms with Crippen molar-refractivity contribution in [3.8, 4) is 5.75 Å². The van der Waals surface area contributed by atoms with Gasteiger partial charge < -0.3 is 30.5 Å². The van der Waals surface area contributed by atoms with Crippen molar-refractivity contribution < 1.29 is 14.3 Å². The van der Waals surface area contributed by atoms with Gasteiger partial charge in [0.25, 0.3) is 5.91 Å². The van der Waals surface area contributed by atoms with Gasteiger partial charge in [-0.1, -0.05) is 61.5 Å². The van der Waals surface area contributed by atoms with Crippen LogP contribution < -0.4 is 30.5 Å². The van der Waals surface area contributed by atoms with E-state index in [2.05, 4.69) is 50.9 Å². The van der Waals surface area contributed by atoms with Gasteiger partial charge in [0.15, 0.2) is 0 Å². The Morgan fingerprint density at radius 3 is 2.09 bits per heavy atom. The number of hydrogen-bond acceptors (Lipinski definition) is 5. The van der Waals surface area contributed by atoms with Crippen molar-refractivity contribution in [3.05, 3.63) is 114 Å². The molecule has 0 atom stereocenters. The van der Waals surface area contributed by atoms with Crippen molar-refractivity contribution in [3.63, 3.8) is 0 Å². The lowest BCUT2D eigenvalue weighted by Gasteiger charge is -2.38. The fourth-order valence-corrected chi connectivity index (χ4v) is 5.37. The normalized spacial score (nSPS) is 12.9. The van der Waals surface area contributed by atoms with Crippen LogP contribution in [0.4, 0.5) is 27.5 Å². The highest BCUT2D eigenvalue weighted by Crippen LogP contribution is 2.31. The number of methoxy groups -OCH3 is 1. The number of nitrogens with one attached hydrogen (secondary N) is 3. The minimum atomic E-state index is -0.359. The van der Waals surface area contributed by atoms with Gasteiger partial charge >= 0.3 is 6.03 Å². The van der Waals surface area contributed by atoms with Gasteiger partial charge in [-0.05, 0) is 66.4 Å². The number of anilines is 4. The third-order valence-corrected chi connectivity index (χ3v) is 7.68. The highest BCUT2D eigenvalue weighted by Gasteiger charge is 2.24. The first kappa shape index (κ1) is 29.5. The van der Waals surface area contributed by atoms with Crippen molar-refractivity contribution >= 4 is 34.7 Å². The molecule has 0 aromatic heterocycles. The lowest BCUT2D eigenvalue weighted by Crippen LogP contribution is -2.47. The van der Waals surface area contributed by atoms with Gasteiger partial charge in [-0.15, -0.1) is 0 Å². The summed E-state index contributed by atoms with van der Waals surface area (Å²) in [5.74, 6) is 0.683. The first-order chi connectivity index (χ1) is 21.0. The van der Waals surface area contributed by atoms with E-state index >= 15 is 0 Å². The summed E-state index contributed by atoms with van der Waals surface area (Å²) in [7, 11) is 1.69. The van der Waals surface area contributed by atoms with E-state index in [1.54, 1.807) is 13.2 Å². The van der Waals surface area contributed by atoms with Crippen molar-refractivity contribution in [2.24, 2.45) is 0 Å². The number of carbonyl (C=O) groups is 2. The molecule has 1 aliphatic rings. The van der Waals surface area contributed by atoms with Gasteiger partial charge in [-0.3, -0.25) is 4.79 Å². The molecule has 1 fully saturated rings. The topological polar surface area (TPSA) is 85.9 Å². The molecule has 5 rings (SSSR count). The Labute approximate surface area is 253 Å². The molecule has 3 amide bonds. The van der Waals surface area contributed by atoms with Gasteiger partial charge in [0.05, 0.1) is 18.4 Å². The van der Waals surface area contributed by atoms with Crippen LogP contribution in [0.15, 0.2) is 97.1 Å². The fourth-order valence-electron chi connectivity index (χ4n) is 5.37. The Kier molecular flexibility index (Phi) is 9.79. The summed E-state index contributed by atoms with van der Waals surface area (Å²) in [6, 6.07) is 31.1. The summed E-state index contributed by atoms with van der Waals surface area (Å²) in [5.41, 5.74) is 6.02. The minimum absolute atomic E-state index is 0.169. The molecule has 8 heteroatoms. The molecule has 0 unspecified atom stereocenters. The number of amides is 3. The average molecular weight is 578 g/mol. The molecular formula is C35H39N5O3. The maximum atomic E-state index is 13.6. The number of carbonyl (C=O) groups excluding carboxylic acids is 2. The highest BCUT2D eigenvalue weighted by molar-refractivity contribution is 6.04. The Morgan fingerprint density at radius 2 is 1.37 bits per heavy atom. The highest BCUT2D eigenvalue weighted by atomic mass is 16.5. The first-order valence-electron chi connectivity index (χ1n) is 14.8. The van der Waals surface area contributed by atoms with Crippen LogP contribution in [0, 0.1) is 0 Å². The van der Waals surface area contributed by atoms with Crippen LogP contribution in [0.25, 0.3) is 0 Å². The van der Waals surface area contributed by atoms with E-state index in [9.17, 15) is 9.59 Å². The second kappa shape index (κ2) is 14.3. The number of ether oxygens (including phenoxy) is 1. The third-order valence-electron chi connectivity index (χ3n) is 7.68. The van der Waals surface area contributed by atoms with E-state index in [1.165, 1.54) is 0 Å². The number of benzene rings is 4. The zero-order valence-corrected chi connectivity index (χ0v) is 24.8. The summed E-state index contributed by atoms with van der Waals surface area (Å²) in [6.07, 6.45) is 1.62. The monoisotopic (exact) mass is 577 g/mol. The molecule has 0 spiro atoms. The zero-order valence-electron chi connectivity index (χ0n) is 24.8. The largest absolute Gasteiger partial charge is 0.495 e. The SMILES string of the molecule is CCc1cccc(NC(=O)Nc2ccc(N3CCN(c4ccccc4OC)CC3)c(C(=O)NCCc3ccccc3)c2)c1. The number of aryl methyl sites for hydroxylation is 1.